The number of aromatic nitrogens is 1. The maximum atomic E-state index is 12.4. The van der Waals surface area contributed by atoms with Crippen molar-refractivity contribution in [1.82, 2.24) is 9.99 Å². The highest BCUT2D eigenvalue weighted by Gasteiger charge is 2.13. The molecule has 0 aliphatic carbocycles. The molecule has 0 aliphatic heterocycles. The lowest BCUT2D eigenvalue weighted by molar-refractivity contribution is -0.384. The van der Waals surface area contributed by atoms with E-state index in [0.29, 0.717) is 10.3 Å². The van der Waals surface area contributed by atoms with Gasteiger partial charge in [-0.15, -0.1) is 11.3 Å². The molecular weight excluding hydrogens is 390 g/mol. The van der Waals surface area contributed by atoms with E-state index in [0.717, 1.165) is 21.2 Å². The predicted octanol–water partition coefficient (Wildman–Crippen LogP) is 4.05. The number of nitro groups is 1. The molecule has 9 heteroatoms. The molecule has 2 heterocycles. The molecule has 2 aromatic carbocycles. The second-order valence-electron chi connectivity index (χ2n) is 6.18. The van der Waals surface area contributed by atoms with Crippen molar-refractivity contribution in [2.24, 2.45) is 5.10 Å². The van der Waals surface area contributed by atoms with Crippen LogP contribution in [0, 0.1) is 21.4 Å². The summed E-state index contributed by atoms with van der Waals surface area (Å²) in [6, 6.07) is 15.8. The van der Waals surface area contributed by atoms with Crippen LogP contribution in [0.4, 0.5) is 5.69 Å². The van der Waals surface area contributed by atoms with E-state index in [-0.39, 0.29) is 12.2 Å². The molecule has 2 aromatic heterocycles. The summed E-state index contributed by atoms with van der Waals surface area (Å²) in [6.07, 6.45) is 3.34. The third-order valence-electron chi connectivity index (χ3n) is 4.36. The Morgan fingerprint density at radius 1 is 1.31 bits per heavy atom. The van der Waals surface area contributed by atoms with Crippen molar-refractivity contribution in [2.75, 3.05) is 0 Å². The van der Waals surface area contributed by atoms with Gasteiger partial charge in [0, 0.05) is 44.9 Å². The number of carbonyl (C=O) groups excluding carboxylic acids is 1. The first-order chi connectivity index (χ1) is 14.1. The van der Waals surface area contributed by atoms with E-state index in [1.165, 1.54) is 29.7 Å². The number of para-hydroxylation sites is 1. The van der Waals surface area contributed by atoms with Gasteiger partial charge in [0.15, 0.2) is 0 Å². The van der Waals surface area contributed by atoms with Gasteiger partial charge in [0.05, 0.1) is 22.1 Å². The fourth-order valence-corrected chi connectivity index (χ4v) is 3.99. The normalized spacial score (nSPS) is 11.1. The molecule has 0 spiro atoms. The first kappa shape index (κ1) is 18.3. The van der Waals surface area contributed by atoms with Crippen molar-refractivity contribution < 1.29 is 9.72 Å². The Morgan fingerprint density at radius 2 is 2.14 bits per heavy atom. The zero-order valence-electron chi connectivity index (χ0n) is 14.9. The molecule has 0 saturated carbocycles. The van der Waals surface area contributed by atoms with Gasteiger partial charge in [-0.1, -0.05) is 18.2 Å². The first-order valence-electron chi connectivity index (χ1n) is 8.53. The van der Waals surface area contributed by atoms with E-state index in [9.17, 15) is 14.9 Å². The molecule has 142 valence electrons. The molecule has 1 amide bonds. The summed E-state index contributed by atoms with van der Waals surface area (Å²) in [6.45, 7) is 0.217. The molecule has 0 bridgehead atoms. The van der Waals surface area contributed by atoms with Gasteiger partial charge in [-0.2, -0.15) is 10.4 Å². The Hall–Kier alpha value is -4.03. The molecule has 0 aliphatic rings. The highest BCUT2D eigenvalue weighted by molar-refractivity contribution is 7.20. The molecule has 4 aromatic rings. The number of nitrogens with one attached hydrogen (secondary N) is 1. The molecule has 1 N–H and O–H groups in total. The van der Waals surface area contributed by atoms with Crippen LogP contribution in [0.1, 0.15) is 15.2 Å². The number of amides is 1. The molecule has 0 saturated heterocycles. The Balaban J connectivity index is 1.55. The van der Waals surface area contributed by atoms with Crippen LogP contribution in [0.2, 0.25) is 0 Å². The lowest BCUT2D eigenvalue weighted by atomic mass is 10.2. The SMILES string of the molecule is N#CCn1cc(C=NNC(=O)c2cc3cc([N+](=O)[O-])ccc3s2)c2ccccc21. The number of non-ortho nitro benzene ring substituents is 1. The van der Waals surface area contributed by atoms with E-state index in [4.69, 9.17) is 5.26 Å². The molecule has 4 rings (SSSR count). The summed E-state index contributed by atoms with van der Waals surface area (Å²) >= 11 is 1.24. The van der Waals surface area contributed by atoms with Crippen molar-refractivity contribution in [3.05, 3.63) is 75.3 Å². The number of hydrogen-bond donors (Lipinski definition) is 1. The summed E-state index contributed by atoms with van der Waals surface area (Å²) in [4.78, 5) is 23.2. The zero-order valence-corrected chi connectivity index (χ0v) is 15.7. The van der Waals surface area contributed by atoms with Crippen LogP contribution in [0.25, 0.3) is 21.0 Å². The van der Waals surface area contributed by atoms with Gasteiger partial charge in [0.25, 0.3) is 11.6 Å². The minimum Gasteiger partial charge on any atom is -0.333 e. The Kier molecular flexibility index (Phi) is 4.76. The van der Waals surface area contributed by atoms with Crippen molar-refractivity contribution in [2.45, 2.75) is 6.54 Å². The van der Waals surface area contributed by atoms with Crippen LogP contribution in [-0.2, 0) is 6.54 Å². The third-order valence-corrected chi connectivity index (χ3v) is 5.48. The van der Waals surface area contributed by atoms with E-state index in [2.05, 4.69) is 16.6 Å². The van der Waals surface area contributed by atoms with Gasteiger partial charge in [-0.05, 0) is 18.2 Å². The highest BCUT2D eigenvalue weighted by atomic mass is 32.1. The second-order valence-corrected chi connectivity index (χ2v) is 7.26. The molecule has 8 nitrogen and oxygen atoms in total. The fraction of sp³-hybridized carbons (Fsp3) is 0.0500. The summed E-state index contributed by atoms with van der Waals surface area (Å²) in [5.74, 6) is -0.397. The third kappa shape index (κ3) is 3.56. The summed E-state index contributed by atoms with van der Waals surface area (Å²) in [5.41, 5.74) is 4.16. The number of rotatable bonds is 5. The number of thiophene rings is 1. The van der Waals surface area contributed by atoms with Gasteiger partial charge in [0.1, 0.15) is 6.54 Å². The lowest BCUT2D eigenvalue weighted by Crippen LogP contribution is -2.16. The van der Waals surface area contributed by atoms with Crippen molar-refractivity contribution in [3.63, 3.8) is 0 Å². The van der Waals surface area contributed by atoms with Gasteiger partial charge < -0.3 is 4.57 Å². The molecule has 0 unspecified atom stereocenters. The number of nitro benzene ring substituents is 1. The van der Waals surface area contributed by atoms with E-state index in [1.807, 2.05) is 35.0 Å². The monoisotopic (exact) mass is 403 g/mol. The smallest absolute Gasteiger partial charge is 0.281 e. The minimum absolute atomic E-state index is 0.0194. The number of nitrogens with zero attached hydrogens (tertiary/aromatic N) is 4. The number of carbonyl (C=O) groups is 1. The van der Waals surface area contributed by atoms with E-state index >= 15 is 0 Å². The average molecular weight is 403 g/mol. The van der Waals surface area contributed by atoms with E-state index < -0.39 is 10.8 Å². The number of hydrazone groups is 1. The maximum absolute atomic E-state index is 12.4. The quantitative estimate of drug-likeness (QED) is 0.307. The van der Waals surface area contributed by atoms with Gasteiger partial charge >= 0.3 is 0 Å². The predicted molar refractivity (Wildman–Crippen MR) is 111 cm³/mol. The number of hydrogen-bond acceptors (Lipinski definition) is 6. The van der Waals surface area contributed by atoms with Gasteiger partial charge in [-0.25, -0.2) is 5.43 Å². The second kappa shape index (κ2) is 7.53. The van der Waals surface area contributed by atoms with Crippen LogP contribution < -0.4 is 5.43 Å². The number of fused-ring (bicyclic) bond motifs is 2. The summed E-state index contributed by atoms with van der Waals surface area (Å²) in [7, 11) is 0. The molecule has 0 radical (unpaired) electrons. The topological polar surface area (TPSA) is 113 Å². The Morgan fingerprint density at radius 3 is 2.93 bits per heavy atom. The maximum Gasteiger partial charge on any atom is 0.281 e. The first-order valence-corrected chi connectivity index (χ1v) is 9.34. The standard InChI is InChI=1S/C20H13N5O3S/c21-7-8-24-12-14(16-3-1-2-4-17(16)24)11-22-23-20(26)19-10-13-9-15(25(27)28)5-6-18(13)29-19/h1-6,9-12H,8H2,(H,23,26). The van der Waals surface area contributed by atoms with Crippen LogP contribution in [-0.4, -0.2) is 21.6 Å². The molecule has 0 atom stereocenters. The zero-order chi connectivity index (χ0) is 20.4. The van der Waals surface area contributed by atoms with Crippen LogP contribution in [0.15, 0.2) is 59.8 Å². The van der Waals surface area contributed by atoms with Crippen molar-refractivity contribution in [1.29, 1.82) is 5.26 Å². The van der Waals surface area contributed by atoms with Crippen LogP contribution in [0.5, 0.6) is 0 Å². The Bertz CT molecular complexity index is 1330. The summed E-state index contributed by atoms with van der Waals surface area (Å²) in [5, 5.41) is 25.5. The molecule has 29 heavy (non-hydrogen) atoms. The summed E-state index contributed by atoms with van der Waals surface area (Å²) < 4.78 is 2.60. The Labute approximate surface area is 168 Å². The van der Waals surface area contributed by atoms with Crippen LogP contribution in [0.3, 0.4) is 0 Å². The van der Waals surface area contributed by atoms with Crippen LogP contribution >= 0.6 is 11.3 Å². The van der Waals surface area contributed by atoms with E-state index in [1.54, 1.807) is 12.1 Å². The van der Waals surface area contributed by atoms with Gasteiger partial charge in [0.2, 0.25) is 0 Å². The largest absolute Gasteiger partial charge is 0.333 e. The lowest BCUT2D eigenvalue weighted by Gasteiger charge is -1.96. The fourth-order valence-electron chi connectivity index (χ4n) is 3.06. The van der Waals surface area contributed by atoms with Gasteiger partial charge in [-0.3, -0.25) is 14.9 Å². The molecular formula is C20H13N5O3S. The molecule has 0 fully saturated rings. The van der Waals surface area contributed by atoms with Crippen molar-refractivity contribution in [3.8, 4) is 6.07 Å². The number of nitriles is 1. The minimum atomic E-state index is -0.468. The average Bonchev–Trinajstić information content (AvgIpc) is 3.30. The van der Waals surface area contributed by atoms with Crippen molar-refractivity contribution >= 4 is 50.1 Å². The highest BCUT2D eigenvalue weighted by Crippen LogP contribution is 2.29. The number of benzene rings is 2.